The Morgan fingerprint density at radius 3 is 2.87 bits per heavy atom. The molecular formula is C16H19N3O4. The highest BCUT2D eigenvalue weighted by Gasteiger charge is 2.37. The van der Waals surface area contributed by atoms with Gasteiger partial charge in [-0.2, -0.15) is 5.26 Å². The molecule has 1 amide bonds. The fraction of sp³-hybridized carbons (Fsp3) is 0.500. The summed E-state index contributed by atoms with van der Waals surface area (Å²) in [6.45, 7) is 2.03. The van der Waals surface area contributed by atoms with Crippen LogP contribution in [-0.2, 0) is 0 Å². The first kappa shape index (κ1) is 16.7. The van der Waals surface area contributed by atoms with Crippen molar-refractivity contribution in [1.29, 1.82) is 5.26 Å². The van der Waals surface area contributed by atoms with Crippen LogP contribution in [0.25, 0.3) is 0 Å². The van der Waals surface area contributed by atoms with Gasteiger partial charge >= 0.3 is 0 Å². The molecule has 0 unspecified atom stereocenters. The van der Waals surface area contributed by atoms with Crippen molar-refractivity contribution >= 4 is 11.6 Å². The van der Waals surface area contributed by atoms with Crippen molar-refractivity contribution in [1.82, 2.24) is 5.32 Å². The molecule has 1 N–H and O–H groups in total. The van der Waals surface area contributed by atoms with Crippen molar-refractivity contribution < 1.29 is 14.5 Å². The number of rotatable bonds is 4. The van der Waals surface area contributed by atoms with Gasteiger partial charge in [0, 0.05) is 6.07 Å². The second kappa shape index (κ2) is 6.65. The molecule has 0 aromatic heterocycles. The molecule has 7 nitrogen and oxygen atoms in total. The highest BCUT2D eigenvalue weighted by atomic mass is 16.6. The lowest BCUT2D eigenvalue weighted by Gasteiger charge is -2.34. The molecule has 1 aromatic carbocycles. The maximum Gasteiger partial charge on any atom is 0.282 e. The fourth-order valence-corrected chi connectivity index (χ4v) is 3.06. The van der Waals surface area contributed by atoms with Crippen LogP contribution in [-0.4, -0.2) is 23.5 Å². The van der Waals surface area contributed by atoms with Crippen LogP contribution in [0.4, 0.5) is 5.69 Å². The number of benzene rings is 1. The molecule has 1 aromatic rings. The highest BCUT2D eigenvalue weighted by molar-refractivity contribution is 5.99. The summed E-state index contributed by atoms with van der Waals surface area (Å²) in [6, 6.07) is 6.18. The summed E-state index contributed by atoms with van der Waals surface area (Å²) in [4.78, 5) is 23.1. The highest BCUT2D eigenvalue weighted by Crippen LogP contribution is 2.33. The molecule has 0 spiro atoms. The molecule has 1 saturated carbocycles. The Kier molecular flexibility index (Phi) is 4.84. The zero-order valence-electron chi connectivity index (χ0n) is 13.2. The third-order valence-electron chi connectivity index (χ3n) is 4.21. The van der Waals surface area contributed by atoms with E-state index in [0.29, 0.717) is 24.5 Å². The molecule has 0 bridgehead atoms. The van der Waals surface area contributed by atoms with Gasteiger partial charge in [0.15, 0.2) is 0 Å². The van der Waals surface area contributed by atoms with E-state index in [-0.39, 0.29) is 11.3 Å². The fourth-order valence-electron chi connectivity index (χ4n) is 3.06. The average Bonchev–Trinajstić information content (AvgIpc) is 2.54. The molecular weight excluding hydrogens is 298 g/mol. The Morgan fingerprint density at radius 1 is 1.57 bits per heavy atom. The van der Waals surface area contributed by atoms with Gasteiger partial charge in [0.2, 0.25) is 0 Å². The van der Waals surface area contributed by atoms with E-state index < -0.39 is 16.4 Å². The third kappa shape index (κ3) is 3.59. The van der Waals surface area contributed by atoms with Crippen LogP contribution in [0, 0.1) is 27.4 Å². The van der Waals surface area contributed by atoms with E-state index in [1.54, 1.807) is 0 Å². The number of amides is 1. The van der Waals surface area contributed by atoms with Crippen LogP contribution >= 0.6 is 0 Å². The average molecular weight is 317 g/mol. The summed E-state index contributed by atoms with van der Waals surface area (Å²) in [5, 5.41) is 23.4. The smallest absolute Gasteiger partial charge is 0.282 e. The quantitative estimate of drug-likeness (QED) is 0.679. The summed E-state index contributed by atoms with van der Waals surface area (Å²) < 4.78 is 5.03. The molecule has 0 saturated heterocycles. The number of ether oxygens (including phenoxy) is 1. The van der Waals surface area contributed by atoms with E-state index >= 15 is 0 Å². The van der Waals surface area contributed by atoms with Gasteiger partial charge in [-0.15, -0.1) is 0 Å². The second-order valence-corrected chi connectivity index (χ2v) is 5.99. The standard InChI is InChI=1S/C16H19N3O4/c1-11-4-3-7-16(9-11,10-17)18-15(20)13-8-12(23-2)5-6-14(13)19(21)22/h5-6,8,11H,3-4,7,9H2,1-2H3,(H,18,20)/t11-,16-/m1/s1. The van der Waals surface area contributed by atoms with Crippen molar-refractivity contribution in [3.8, 4) is 11.8 Å². The first-order chi connectivity index (χ1) is 10.9. The van der Waals surface area contributed by atoms with Crippen LogP contribution in [0.1, 0.15) is 43.0 Å². The molecule has 1 aliphatic carbocycles. The number of carbonyl (C=O) groups is 1. The van der Waals surface area contributed by atoms with Gasteiger partial charge in [-0.05, 0) is 37.3 Å². The van der Waals surface area contributed by atoms with Crippen LogP contribution < -0.4 is 10.1 Å². The molecule has 0 aliphatic heterocycles. The van der Waals surface area contributed by atoms with Gasteiger partial charge in [-0.3, -0.25) is 14.9 Å². The Labute approximate surface area is 134 Å². The van der Waals surface area contributed by atoms with Crippen molar-refractivity contribution in [2.75, 3.05) is 7.11 Å². The van der Waals surface area contributed by atoms with Crippen LogP contribution in [0.2, 0.25) is 0 Å². The zero-order valence-corrected chi connectivity index (χ0v) is 13.2. The summed E-state index contributed by atoms with van der Waals surface area (Å²) in [5.74, 6) is 0.0546. The summed E-state index contributed by atoms with van der Waals surface area (Å²) in [5.41, 5.74) is -1.37. The minimum atomic E-state index is -0.967. The number of hydrogen-bond acceptors (Lipinski definition) is 5. The van der Waals surface area contributed by atoms with Crippen molar-refractivity contribution in [2.45, 2.75) is 38.1 Å². The van der Waals surface area contributed by atoms with Gasteiger partial charge in [0.05, 0.1) is 18.1 Å². The minimum absolute atomic E-state index is 0.0952. The zero-order chi connectivity index (χ0) is 17.0. The molecule has 23 heavy (non-hydrogen) atoms. The van der Waals surface area contributed by atoms with Gasteiger partial charge in [0.25, 0.3) is 11.6 Å². The lowest BCUT2D eigenvalue weighted by Crippen LogP contribution is -2.50. The van der Waals surface area contributed by atoms with E-state index in [0.717, 1.165) is 12.8 Å². The number of hydrogen-bond donors (Lipinski definition) is 1. The van der Waals surface area contributed by atoms with E-state index in [1.165, 1.54) is 25.3 Å². The Hall–Kier alpha value is -2.62. The molecule has 1 aliphatic rings. The van der Waals surface area contributed by atoms with E-state index in [4.69, 9.17) is 4.74 Å². The number of methoxy groups -OCH3 is 1. The number of nitro groups is 1. The van der Waals surface area contributed by atoms with Gasteiger partial charge in [-0.1, -0.05) is 13.3 Å². The molecule has 122 valence electrons. The minimum Gasteiger partial charge on any atom is -0.497 e. The molecule has 2 atom stereocenters. The predicted octanol–water partition coefficient (Wildman–Crippen LogP) is 2.81. The third-order valence-corrected chi connectivity index (χ3v) is 4.21. The number of nitrogens with one attached hydrogen (secondary N) is 1. The topological polar surface area (TPSA) is 105 Å². The lowest BCUT2D eigenvalue weighted by atomic mass is 9.77. The normalized spacial score (nSPS) is 23.6. The SMILES string of the molecule is COc1ccc([N+](=O)[O-])c(C(=O)N[C@]2(C#N)CCC[C@@H](C)C2)c1. The Balaban J connectivity index is 2.33. The Morgan fingerprint density at radius 2 is 2.30 bits per heavy atom. The van der Waals surface area contributed by atoms with E-state index in [2.05, 4.69) is 11.4 Å². The second-order valence-electron chi connectivity index (χ2n) is 5.99. The summed E-state index contributed by atoms with van der Waals surface area (Å²) >= 11 is 0. The number of nitro benzene ring substituents is 1. The number of nitrogens with zero attached hydrogens (tertiary/aromatic N) is 2. The van der Waals surface area contributed by atoms with Gasteiger partial charge in [0.1, 0.15) is 16.9 Å². The van der Waals surface area contributed by atoms with E-state index in [1.807, 2.05) is 6.92 Å². The van der Waals surface area contributed by atoms with Gasteiger partial charge < -0.3 is 10.1 Å². The monoisotopic (exact) mass is 317 g/mol. The molecule has 2 rings (SSSR count). The number of nitriles is 1. The largest absolute Gasteiger partial charge is 0.497 e. The first-order valence-electron chi connectivity index (χ1n) is 7.47. The first-order valence-corrected chi connectivity index (χ1v) is 7.47. The predicted molar refractivity (Wildman–Crippen MR) is 83.1 cm³/mol. The molecule has 1 fully saturated rings. The van der Waals surface area contributed by atoms with Crippen molar-refractivity contribution in [2.24, 2.45) is 5.92 Å². The Bertz CT molecular complexity index is 668. The maximum atomic E-state index is 12.6. The molecule has 7 heteroatoms. The molecule has 0 radical (unpaired) electrons. The summed E-state index contributed by atoms with van der Waals surface area (Å²) in [6.07, 6.45) is 2.96. The van der Waals surface area contributed by atoms with Crippen LogP contribution in [0.3, 0.4) is 0 Å². The molecule has 0 heterocycles. The number of carbonyl (C=O) groups excluding carboxylic acids is 1. The van der Waals surface area contributed by atoms with E-state index in [9.17, 15) is 20.2 Å². The van der Waals surface area contributed by atoms with Crippen LogP contribution in [0.15, 0.2) is 18.2 Å². The van der Waals surface area contributed by atoms with Crippen molar-refractivity contribution in [3.05, 3.63) is 33.9 Å². The van der Waals surface area contributed by atoms with Crippen molar-refractivity contribution in [3.63, 3.8) is 0 Å². The summed E-state index contributed by atoms with van der Waals surface area (Å²) in [7, 11) is 1.42. The lowest BCUT2D eigenvalue weighted by molar-refractivity contribution is -0.385. The maximum absolute atomic E-state index is 12.6. The van der Waals surface area contributed by atoms with Gasteiger partial charge in [-0.25, -0.2) is 0 Å². The van der Waals surface area contributed by atoms with Crippen LogP contribution in [0.5, 0.6) is 5.75 Å².